The minimum atomic E-state index is 0.505. The molecule has 5 nitrogen and oxygen atoms in total. The summed E-state index contributed by atoms with van der Waals surface area (Å²) in [5.41, 5.74) is 6.63. The van der Waals surface area contributed by atoms with E-state index in [-0.39, 0.29) is 0 Å². The van der Waals surface area contributed by atoms with Gasteiger partial charge in [0.15, 0.2) is 0 Å². The van der Waals surface area contributed by atoms with Crippen molar-refractivity contribution in [1.82, 2.24) is 9.97 Å². The average Bonchev–Trinajstić information content (AvgIpc) is 2.31. The summed E-state index contributed by atoms with van der Waals surface area (Å²) < 4.78 is 10.6. The molecule has 0 atom stereocenters. The fourth-order valence-corrected chi connectivity index (χ4v) is 1.41. The van der Waals surface area contributed by atoms with E-state index >= 15 is 0 Å². The van der Waals surface area contributed by atoms with E-state index in [1.807, 2.05) is 6.92 Å². The van der Waals surface area contributed by atoms with Crippen LogP contribution in [0.2, 0.25) is 0 Å². The Hall–Kier alpha value is -1.36. The van der Waals surface area contributed by atoms with Crippen LogP contribution in [0.25, 0.3) is 0 Å². The van der Waals surface area contributed by atoms with Gasteiger partial charge in [-0.2, -0.15) is 4.98 Å². The van der Waals surface area contributed by atoms with E-state index < -0.39 is 0 Å². The van der Waals surface area contributed by atoms with Crippen molar-refractivity contribution in [1.29, 1.82) is 0 Å². The quantitative estimate of drug-likeness (QED) is 0.734. The van der Waals surface area contributed by atoms with Crippen LogP contribution in [-0.4, -0.2) is 30.3 Å². The normalized spacial score (nSPS) is 10.5. The number of methoxy groups -OCH3 is 1. The predicted octanol–water partition coefficient (Wildman–Crippen LogP) is 1.74. The molecule has 0 aliphatic heterocycles. The van der Waals surface area contributed by atoms with Gasteiger partial charge in [-0.05, 0) is 13.3 Å². The van der Waals surface area contributed by atoms with E-state index in [0.29, 0.717) is 24.9 Å². The standard InChI is InChI=1S/C12H21N3O2/c1-4-6-10-14-11(13)9(2)12(15-10)17-8-5-7-16-3/h4-8H2,1-3H3,(H2,13,14,15). The molecule has 0 aromatic carbocycles. The Bertz CT molecular complexity index is 356. The lowest BCUT2D eigenvalue weighted by molar-refractivity contribution is 0.170. The Morgan fingerprint density at radius 2 is 2.00 bits per heavy atom. The fourth-order valence-electron chi connectivity index (χ4n) is 1.41. The highest BCUT2D eigenvalue weighted by Crippen LogP contribution is 2.20. The number of aryl methyl sites for hydroxylation is 1. The Labute approximate surface area is 102 Å². The maximum Gasteiger partial charge on any atom is 0.221 e. The van der Waals surface area contributed by atoms with Crippen LogP contribution >= 0.6 is 0 Å². The van der Waals surface area contributed by atoms with Gasteiger partial charge in [-0.25, -0.2) is 4.98 Å². The van der Waals surface area contributed by atoms with Crippen LogP contribution in [0.5, 0.6) is 5.88 Å². The molecule has 1 aromatic heterocycles. The topological polar surface area (TPSA) is 70.3 Å². The van der Waals surface area contributed by atoms with Crippen molar-refractivity contribution in [2.75, 3.05) is 26.1 Å². The summed E-state index contributed by atoms with van der Waals surface area (Å²) in [4.78, 5) is 8.60. The van der Waals surface area contributed by atoms with E-state index in [1.165, 1.54) is 0 Å². The zero-order valence-corrected chi connectivity index (χ0v) is 10.8. The second-order valence-corrected chi connectivity index (χ2v) is 3.90. The Morgan fingerprint density at radius 3 is 2.65 bits per heavy atom. The van der Waals surface area contributed by atoms with Gasteiger partial charge in [0.05, 0.1) is 12.2 Å². The third kappa shape index (κ3) is 4.19. The summed E-state index contributed by atoms with van der Waals surface area (Å²) in [5.74, 6) is 1.85. The molecule has 0 aliphatic carbocycles. The largest absolute Gasteiger partial charge is 0.477 e. The zero-order valence-electron chi connectivity index (χ0n) is 10.8. The molecule has 1 heterocycles. The maximum atomic E-state index is 5.83. The monoisotopic (exact) mass is 239 g/mol. The molecule has 0 aliphatic rings. The molecule has 0 radical (unpaired) electrons. The first-order valence-electron chi connectivity index (χ1n) is 5.93. The summed E-state index contributed by atoms with van der Waals surface area (Å²) in [6.45, 7) is 5.22. The SMILES string of the molecule is CCCc1nc(N)c(C)c(OCCCOC)n1. The second kappa shape index (κ2) is 7.06. The Morgan fingerprint density at radius 1 is 1.24 bits per heavy atom. The fraction of sp³-hybridized carbons (Fsp3) is 0.667. The first kappa shape index (κ1) is 13.7. The molecule has 0 spiro atoms. The maximum absolute atomic E-state index is 5.83. The van der Waals surface area contributed by atoms with Crippen LogP contribution in [-0.2, 0) is 11.2 Å². The Kier molecular flexibility index (Phi) is 5.69. The molecule has 96 valence electrons. The highest BCUT2D eigenvalue weighted by atomic mass is 16.5. The van der Waals surface area contributed by atoms with Crippen LogP contribution in [0, 0.1) is 6.92 Å². The van der Waals surface area contributed by atoms with Crippen molar-refractivity contribution >= 4 is 5.82 Å². The number of ether oxygens (including phenoxy) is 2. The molecule has 0 fully saturated rings. The van der Waals surface area contributed by atoms with Crippen molar-refractivity contribution in [3.63, 3.8) is 0 Å². The van der Waals surface area contributed by atoms with Crippen LogP contribution < -0.4 is 10.5 Å². The molecular formula is C12H21N3O2. The van der Waals surface area contributed by atoms with E-state index in [0.717, 1.165) is 30.7 Å². The van der Waals surface area contributed by atoms with Crippen molar-refractivity contribution in [3.8, 4) is 5.88 Å². The first-order chi connectivity index (χ1) is 8.19. The average molecular weight is 239 g/mol. The number of rotatable bonds is 7. The van der Waals surface area contributed by atoms with Crippen molar-refractivity contribution in [2.45, 2.75) is 33.1 Å². The number of hydrogen-bond donors (Lipinski definition) is 1. The van der Waals surface area contributed by atoms with E-state index in [9.17, 15) is 0 Å². The lowest BCUT2D eigenvalue weighted by Gasteiger charge is -2.10. The Balaban J connectivity index is 2.68. The number of nitrogens with two attached hydrogens (primary N) is 1. The van der Waals surface area contributed by atoms with Gasteiger partial charge in [-0.1, -0.05) is 6.92 Å². The molecular weight excluding hydrogens is 218 g/mol. The summed E-state index contributed by atoms with van der Waals surface area (Å²) in [7, 11) is 1.67. The third-order valence-corrected chi connectivity index (χ3v) is 2.39. The molecule has 1 aromatic rings. The molecule has 0 amide bonds. The summed E-state index contributed by atoms with van der Waals surface area (Å²) in [6.07, 6.45) is 2.65. The van der Waals surface area contributed by atoms with Gasteiger partial charge in [0.2, 0.25) is 5.88 Å². The highest BCUT2D eigenvalue weighted by molar-refractivity contribution is 5.44. The molecule has 0 bridgehead atoms. The molecule has 5 heteroatoms. The predicted molar refractivity (Wildman–Crippen MR) is 67.2 cm³/mol. The number of nitrogens with zero attached hydrogens (tertiary/aromatic N) is 2. The van der Waals surface area contributed by atoms with Crippen LogP contribution in [0.15, 0.2) is 0 Å². The van der Waals surface area contributed by atoms with Crippen LogP contribution in [0.1, 0.15) is 31.2 Å². The number of anilines is 1. The summed E-state index contributed by atoms with van der Waals surface area (Å²) in [6, 6.07) is 0. The van der Waals surface area contributed by atoms with Gasteiger partial charge in [-0.3, -0.25) is 0 Å². The second-order valence-electron chi connectivity index (χ2n) is 3.90. The lowest BCUT2D eigenvalue weighted by Crippen LogP contribution is -2.09. The highest BCUT2D eigenvalue weighted by Gasteiger charge is 2.09. The molecule has 0 unspecified atom stereocenters. The smallest absolute Gasteiger partial charge is 0.221 e. The van der Waals surface area contributed by atoms with Crippen molar-refractivity contribution < 1.29 is 9.47 Å². The molecule has 1 rings (SSSR count). The molecule has 0 saturated carbocycles. The van der Waals surface area contributed by atoms with E-state index in [2.05, 4.69) is 16.9 Å². The summed E-state index contributed by atoms with van der Waals surface area (Å²) in [5, 5.41) is 0. The van der Waals surface area contributed by atoms with E-state index in [4.69, 9.17) is 15.2 Å². The molecule has 0 saturated heterocycles. The van der Waals surface area contributed by atoms with E-state index in [1.54, 1.807) is 7.11 Å². The lowest BCUT2D eigenvalue weighted by atomic mass is 10.3. The number of hydrogen-bond acceptors (Lipinski definition) is 5. The van der Waals surface area contributed by atoms with Crippen LogP contribution in [0.3, 0.4) is 0 Å². The van der Waals surface area contributed by atoms with Gasteiger partial charge in [0.25, 0.3) is 0 Å². The molecule has 2 N–H and O–H groups in total. The number of nitrogen functional groups attached to an aromatic ring is 1. The minimum absolute atomic E-state index is 0.505. The van der Waals surface area contributed by atoms with Gasteiger partial charge in [-0.15, -0.1) is 0 Å². The van der Waals surface area contributed by atoms with Gasteiger partial charge in [0.1, 0.15) is 11.6 Å². The van der Waals surface area contributed by atoms with Gasteiger partial charge >= 0.3 is 0 Å². The molecule has 17 heavy (non-hydrogen) atoms. The van der Waals surface area contributed by atoms with Crippen LogP contribution in [0.4, 0.5) is 5.82 Å². The minimum Gasteiger partial charge on any atom is -0.477 e. The van der Waals surface area contributed by atoms with Crippen molar-refractivity contribution in [2.24, 2.45) is 0 Å². The zero-order chi connectivity index (χ0) is 12.7. The van der Waals surface area contributed by atoms with Crippen molar-refractivity contribution in [3.05, 3.63) is 11.4 Å². The third-order valence-electron chi connectivity index (χ3n) is 2.39. The summed E-state index contributed by atoms with van der Waals surface area (Å²) >= 11 is 0. The van der Waals surface area contributed by atoms with Gasteiger partial charge in [0, 0.05) is 26.6 Å². The first-order valence-corrected chi connectivity index (χ1v) is 5.93. The van der Waals surface area contributed by atoms with Gasteiger partial charge < -0.3 is 15.2 Å². The number of aromatic nitrogens is 2.